The van der Waals surface area contributed by atoms with Crippen molar-refractivity contribution in [2.24, 2.45) is 0 Å². The van der Waals surface area contributed by atoms with Gasteiger partial charge in [0.25, 0.3) is 5.56 Å². The first-order valence-electron chi connectivity index (χ1n) is 6.90. The number of aromatic nitrogens is 3. The van der Waals surface area contributed by atoms with E-state index in [9.17, 15) is 4.79 Å². The molecule has 1 aliphatic rings. The molecule has 2 aromatic heterocycles. The summed E-state index contributed by atoms with van der Waals surface area (Å²) in [6, 6.07) is 8.67. The molecule has 22 heavy (non-hydrogen) atoms. The molecule has 6 nitrogen and oxygen atoms in total. The maximum atomic E-state index is 12.2. The molecule has 0 fully saturated rings. The Morgan fingerprint density at radius 1 is 1.14 bits per heavy atom. The summed E-state index contributed by atoms with van der Waals surface area (Å²) in [6.07, 6.45) is 3.67. The van der Waals surface area contributed by atoms with E-state index in [0.717, 1.165) is 11.3 Å². The lowest BCUT2D eigenvalue weighted by Gasteiger charge is -2.31. The maximum Gasteiger partial charge on any atom is 0.255 e. The van der Waals surface area contributed by atoms with Crippen LogP contribution in [0.5, 0.6) is 5.75 Å². The van der Waals surface area contributed by atoms with Crippen LogP contribution in [0, 0.1) is 0 Å². The number of benzene rings is 1. The Kier molecular flexibility index (Phi) is 2.51. The van der Waals surface area contributed by atoms with Gasteiger partial charge in [-0.1, -0.05) is 6.07 Å². The molecule has 0 atom stereocenters. The van der Waals surface area contributed by atoms with E-state index in [1.807, 2.05) is 32.1 Å². The summed E-state index contributed by atoms with van der Waals surface area (Å²) in [5, 5.41) is 7.69. The topological polar surface area (TPSA) is 70.2 Å². The summed E-state index contributed by atoms with van der Waals surface area (Å²) in [7, 11) is 0. The number of fused-ring (bicyclic) bond motifs is 2. The van der Waals surface area contributed by atoms with Crippen LogP contribution >= 0.6 is 0 Å². The van der Waals surface area contributed by atoms with Gasteiger partial charge in [0, 0.05) is 23.9 Å². The third kappa shape index (κ3) is 1.92. The first-order chi connectivity index (χ1) is 10.5. The Bertz CT molecular complexity index is 966. The molecule has 0 radical (unpaired) electrons. The van der Waals surface area contributed by atoms with Crippen LogP contribution in [-0.4, -0.2) is 20.5 Å². The van der Waals surface area contributed by atoms with Crippen molar-refractivity contribution in [2.75, 3.05) is 0 Å². The van der Waals surface area contributed by atoms with E-state index >= 15 is 0 Å². The molecule has 0 unspecified atom stereocenters. The van der Waals surface area contributed by atoms with Gasteiger partial charge in [0.2, 0.25) is 0 Å². The van der Waals surface area contributed by atoms with Gasteiger partial charge in [0.1, 0.15) is 22.4 Å². The molecule has 4 rings (SSSR count). The predicted molar refractivity (Wildman–Crippen MR) is 80.6 cm³/mol. The Morgan fingerprint density at radius 2 is 1.91 bits per heavy atom. The van der Waals surface area contributed by atoms with Crippen molar-refractivity contribution in [2.45, 2.75) is 19.4 Å². The molecule has 0 bridgehead atoms. The molecule has 0 amide bonds. The van der Waals surface area contributed by atoms with Gasteiger partial charge in [-0.2, -0.15) is 0 Å². The smallest absolute Gasteiger partial charge is 0.255 e. The van der Waals surface area contributed by atoms with Crippen molar-refractivity contribution in [3.05, 3.63) is 58.5 Å². The fourth-order valence-corrected chi connectivity index (χ4v) is 2.64. The number of ether oxygens (including phenoxy) is 1. The maximum absolute atomic E-state index is 12.2. The third-order valence-electron chi connectivity index (χ3n) is 3.57. The van der Waals surface area contributed by atoms with Crippen LogP contribution in [0.3, 0.4) is 0 Å². The van der Waals surface area contributed by atoms with E-state index in [1.165, 1.54) is 6.07 Å². The second kappa shape index (κ2) is 4.30. The zero-order valence-electron chi connectivity index (χ0n) is 12.1. The summed E-state index contributed by atoms with van der Waals surface area (Å²) in [5.74, 6) is 0.654. The minimum Gasteiger partial charge on any atom is -0.483 e. The van der Waals surface area contributed by atoms with Crippen molar-refractivity contribution in [1.29, 1.82) is 0 Å². The zero-order valence-corrected chi connectivity index (χ0v) is 12.1. The molecule has 0 saturated carbocycles. The lowest BCUT2D eigenvalue weighted by atomic mass is 9.98. The number of hydrogen-bond donors (Lipinski definition) is 0. The molecule has 3 heterocycles. The highest BCUT2D eigenvalue weighted by Gasteiger charge is 2.28. The van der Waals surface area contributed by atoms with Gasteiger partial charge < -0.3 is 4.74 Å². The highest BCUT2D eigenvalue weighted by atomic mass is 16.6. The highest BCUT2D eigenvalue weighted by molar-refractivity contribution is 5.84. The third-order valence-corrected chi connectivity index (χ3v) is 3.57. The molecule has 0 aliphatic carbocycles. The van der Waals surface area contributed by atoms with Crippen molar-refractivity contribution in [1.82, 2.24) is 14.9 Å². The predicted octanol–water partition coefficient (Wildman–Crippen LogP) is 2.44. The summed E-state index contributed by atoms with van der Waals surface area (Å²) in [5.41, 5.74) is 2.16. The lowest BCUT2D eigenvalue weighted by Crippen LogP contribution is -2.32. The monoisotopic (exact) mass is 295 g/mol. The highest BCUT2D eigenvalue weighted by Crippen LogP contribution is 2.38. The molecule has 1 aliphatic heterocycles. The van der Waals surface area contributed by atoms with Gasteiger partial charge >= 0.3 is 0 Å². The van der Waals surface area contributed by atoms with E-state index in [1.54, 1.807) is 22.9 Å². The minimum absolute atomic E-state index is 0.101. The Balaban J connectivity index is 2.03. The van der Waals surface area contributed by atoms with Gasteiger partial charge in [-0.25, -0.2) is 4.63 Å². The fourth-order valence-electron chi connectivity index (χ4n) is 2.64. The standard InChI is InChI=1S/C16H13N3O3/c1-16(2)9-13(19-6-4-3-5-15(19)20)10-7-11-12(18-22-17-11)8-14(10)21-16/h3-9H,1-2H3. The average molecular weight is 295 g/mol. The first-order valence-corrected chi connectivity index (χ1v) is 6.90. The van der Waals surface area contributed by atoms with Crippen molar-refractivity contribution in [3.63, 3.8) is 0 Å². The largest absolute Gasteiger partial charge is 0.483 e. The van der Waals surface area contributed by atoms with Gasteiger partial charge in [0.15, 0.2) is 0 Å². The van der Waals surface area contributed by atoms with Crippen LogP contribution in [-0.2, 0) is 0 Å². The summed E-state index contributed by atoms with van der Waals surface area (Å²) in [4.78, 5) is 12.2. The minimum atomic E-state index is -0.539. The number of rotatable bonds is 1. The second-order valence-electron chi connectivity index (χ2n) is 5.75. The Morgan fingerprint density at radius 3 is 2.68 bits per heavy atom. The van der Waals surface area contributed by atoms with Crippen molar-refractivity contribution >= 4 is 16.7 Å². The normalized spacial score (nSPS) is 16.0. The van der Waals surface area contributed by atoms with Crippen LogP contribution < -0.4 is 10.3 Å². The molecular formula is C16H13N3O3. The van der Waals surface area contributed by atoms with Gasteiger partial charge in [-0.15, -0.1) is 0 Å². The number of hydrogen-bond acceptors (Lipinski definition) is 5. The molecule has 110 valence electrons. The molecule has 0 N–H and O–H groups in total. The fraction of sp³-hybridized carbons (Fsp3) is 0.188. The van der Waals surface area contributed by atoms with E-state index in [4.69, 9.17) is 9.37 Å². The molecule has 3 aromatic rings. The van der Waals surface area contributed by atoms with E-state index in [0.29, 0.717) is 16.8 Å². The van der Waals surface area contributed by atoms with E-state index < -0.39 is 5.60 Å². The van der Waals surface area contributed by atoms with Gasteiger partial charge in [-0.05, 0) is 42.4 Å². The first kappa shape index (κ1) is 12.8. The number of pyridine rings is 1. The van der Waals surface area contributed by atoms with Crippen LogP contribution in [0.25, 0.3) is 16.7 Å². The van der Waals surface area contributed by atoms with Crippen LogP contribution in [0.2, 0.25) is 0 Å². The zero-order chi connectivity index (χ0) is 15.3. The molecule has 0 saturated heterocycles. The average Bonchev–Trinajstić information content (AvgIpc) is 2.91. The summed E-state index contributed by atoms with van der Waals surface area (Å²) >= 11 is 0. The summed E-state index contributed by atoms with van der Waals surface area (Å²) in [6.45, 7) is 3.88. The molecule has 0 spiro atoms. The molecule has 6 heteroatoms. The molecular weight excluding hydrogens is 282 g/mol. The van der Waals surface area contributed by atoms with E-state index in [2.05, 4.69) is 10.3 Å². The number of nitrogens with zero attached hydrogens (tertiary/aromatic N) is 3. The molecule has 1 aromatic carbocycles. The van der Waals surface area contributed by atoms with Crippen LogP contribution in [0.15, 0.2) is 52.0 Å². The van der Waals surface area contributed by atoms with Gasteiger partial charge in [-0.3, -0.25) is 9.36 Å². The summed E-state index contributed by atoms with van der Waals surface area (Å²) < 4.78 is 12.3. The SMILES string of the molecule is CC1(C)C=C(n2ccccc2=O)c2cc3nonc3cc2O1. The quantitative estimate of drug-likeness (QED) is 0.689. The van der Waals surface area contributed by atoms with E-state index in [-0.39, 0.29) is 5.56 Å². The lowest BCUT2D eigenvalue weighted by molar-refractivity contribution is 0.157. The van der Waals surface area contributed by atoms with Crippen LogP contribution in [0.1, 0.15) is 19.4 Å². The van der Waals surface area contributed by atoms with Crippen molar-refractivity contribution in [3.8, 4) is 5.75 Å². The Labute approximate surface area is 125 Å². The van der Waals surface area contributed by atoms with Crippen molar-refractivity contribution < 1.29 is 9.37 Å². The Hall–Kier alpha value is -2.89. The van der Waals surface area contributed by atoms with Crippen LogP contribution in [0.4, 0.5) is 0 Å². The van der Waals surface area contributed by atoms with Gasteiger partial charge in [0.05, 0.1) is 5.70 Å². The second-order valence-corrected chi connectivity index (χ2v) is 5.75.